The van der Waals surface area contributed by atoms with E-state index in [9.17, 15) is 8.42 Å². The van der Waals surface area contributed by atoms with Gasteiger partial charge in [0.2, 0.25) is 0 Å². The van der Waals surface area contributed by atoms with Gasteiger partial charge in [-0.05, 0) is 29.7 Å². The standard InChI is InChI=1S/C17H21NO2S/c1-2-21(19,20)14-6-13-18-17-11-9-16(10-12-17)15-7-4-3-5-8-15/h3-5,7-12,18H,2,6,13-14H2,1H3. The van der Waals surface area contributed by atoms with E-state index in [4.69, 9.17) is 0 Å². The molecule has 0 amide bonds. The molecule has 0 bridgehead atoms. The average Bonchev–Trinajstić information content (AvgIpc) is 2.53. The Morgan fingerprint density at radius 3 is 2.14 bits per heavy atom. The predicted molar refractivity (Wildman–Crippen MR) is 89.3 cm³/mol. The van der Waals surface area contributed by atoms with E-state index in [1.54, 1.807) is 6.92 Å². The summed E-state index contributed by atoms with van der Waals surface area (Å²) in [6.07, 6.45) is 0.636. The molecular formula is C17H21NO2S. The maximum atomic E-state index is 11.4. The fraction of sp³-hybridized carbons (Fsp3) is 0.294. The van der Waals surface area contributed by atoms with E-state index in [0.717, 1.165) is 5.69 Å². The topological polar surface area (TPSA) is 46.2 Å². The van der Waals surface area contributed by atoms with Gasteiger partial charge in [0.05, 0.1) is 5.75 Å². The van der Waals surface area contributed by atoms with Gasteiger partial charge in [0.25, 0.3) is 0 Å². The molecule has 0 aromatic heterocycles. The Labute approximate surface area is 126 Å². The molecule has 0 saturated carbocycles. The van der Waals surface area contributed by atoms with E-state index in [0.29, 0.717) is 13.0 Å². The highest BCUT2D eigenvalue weighted by atomic mass is 32.2. The predicted octanol–water partition coefficient (Wildman–Crippen LogP) is 3.59. The highest BCUT2D eigenvalue weighted by Gasteiger charge is 2.06. The fourth-order valence-corrected chi connectivity index (χ4v) is 2.95. The molecule has 0 saturated heterocycles. The third-order valence-electron chi connectivity index (χ3n) is 3.39. The summed E-state index contributed by atoms with van der Waals surface area (Å²) < 4.78 is 22.8. The molecular weight excluding hydrogens is 282 g/mol. The monoisotopic (exact) mass is 303 g/mol. The Bertz CT molecular complexity index is 649. The summed E-state index contributed by atoms with van der Waals surface area (Å²) in [5, 5.41) is 3.26. The Morgan fingerprint density at radius 2 is 1.52 bits per heavy atom. The van der Waals surface area contributed by atoms with E-state index < -0.39 is 9.84 Å². The number of hydrogen-bond acceptors (Lipinski definition) is 3. The summed E-state index contributed by atoms with van der Waals surface area (Å²) in [4.78, 5) is 0. The normalized spacial score (nSPS) is 11.3. The van der Waals surface area contributed by atoms with E-state index >= 15 is 0 Å². The molecule has 0 heterocycles. The molecule has 1 N–H and O–H groups in total. The van der Waals surface area contributed by atoms with E-state index in [-0.39, 0.29) is 11.5 Å². The minimum atomic E-state index is -2.86. The third kappa shape index (κ3) is 4.90. The number of rotatable bonds is 7. The Balaban J connectivity index is 1.86. The van der Waals surface area contributed by atoms with Gasteiger partial charge in [0.1, 0.15) is 9.84 Å². The molecule has 0 aliphatic heterocycles. The smallest absolute Gasteiger partial charge is 0.150 e. The molecule has 21 heavy (non-hydrogen) atoms. The lowest BCUT2D eigenvalue weighted by molar-refractivity contribution is 0.595. The van der Waals surface area contributed by atoms with E-state index in [1.807, 2.05) is 30.3 Å². The van der Waals surface area contributed by atoms with Crippen molar-refractivity contribution in [3.05, 3.63) is 54.6 Å². The van der Waals surface area contributed by atoms with Gasteiger partial charge in [0.15, 0.2) is 0 Å². The minimum Gasteiger partial charge on any atom is -0.385 e. The van der Waals surface area contributed by atoms with Crippen LogP contribution in [0.5, 0.6) is 0 Å². The molecule has 4 heteroatoms. The molecule has 0 radical (unpaired) electrons. The summed E-state index contributed by atoms with van der Waals surface area (Å²) in [7, 11) is -2.86. The Hall–Kier alpha value is -1.81. The quantitative estimate of drug-likeness (QED) is 0.795. The van der Waals surface area contributed by atoms with Gasteiger partial charge in [0, 0.05) is 18.0 Å². The first-order chi connectivity index (χ1) is 10.1. The summed E-state index contributed by atoms with van der Waals surface area (Å²) in [5.74, 6) is 0.470. The highest BCUT2D eigenvalue weighted by molar-refractivity contribution is 7.91. The number of anilines is 1. The second-order valence-corrected chi connectivity index (χ2v) is 7.43. The van der Waals surface area contributed by atoms with Gasteiger partial charge in [-0.15, -0.1) is 0 Å². The zero-order valence-electron chi connectivity index (χ0n) is 12.2. The molecule has 112 valence electrons. The summed E-state index contributed by atoms with van der Waals surface area (Å²) >= 11 is 0. The lowest BCUT2D eigenvalue weighted by Gasteiger charge is -2.08. The maximum absolute atomic E-state index is 11.4. The molecule has 0 atom stereocenters. The first-order valence-electron chi connectivity index (χ1n) is 7.20. The zero-order valence-corrected chi connectivity index (χ0v) is 13.1. The fourth-order valence-electron chi connectivity index (χ4n) is 2.08. The van der Waals surface area contributed by atoms with Gasteiger partial charge in [-0.3, -0.25) is 0 Å². The molecule has 0 fully saturated rings. The van der Waals surface area contributed by atoms with Crippen LogP contribution in [0.3, 0.4) is 0 Å². The highest BCUT2D eigenvalue weighted by Crippen LogP contribution is 2.20. The van der Waals surface area contributed by atoms with Crippen molar-refractivity contribution in [3.63, 3.8) is 0 Å². The van der Waals surface area contributed by atoms with Crippen LogP contribution in [-0.4, -0.2) is 26.5 Å². The lowest BCUT2D eigenvalue weighted by atomic mass is 10.1. The van der Waals surface area contributed by atoms with Gasteiger partial charge < -0.3 is 5.32 Å². The lowest BCUT2D eigenvalue weighted by Crippen LogP contribution is -2.12. The van der Waals surface area contributed by atoms with Crippen LogP contribution < -0.4 is 5.32 Å². The molecule has 0 aliphatic rings. The van der Waals surface area contributed by atoms with E-state index in [2.05, 4.69) is 29.6 Å². The van der Waals surface area contributed by atoms with Crippen molar-refractivity contribution in [2.24, 2.45) is 0 Å². The molecule has 0 aliphatic carbocycles. The van der Waals surface area contributed by atoms with Crippen LogP contribution in [0.4, 0.5) is 5.69 Å². The average molecular weight is 303 g/mol. The van der Waals surface area contributed by atoms with Crippen molar-refractivity contribution < 1.29 is 8.42 Å². The first-order valence-corrected chi connectivity index (χ1v) is 9.02. The minimum absolute atomic E-state index is 0.221. The third-order valence-corrected chi connectivity index (χ3v) is 5.18. The summed E-state index contributed by atoms with van der Waals surface area (Å²) in [6.45, 7) is 2.36. The van der Waals surface area contributed by atoms with Crippen molar-refractivity contribution in [1.82, 2.24) is 0 Å². The van der Waals surface area contributed by atoms with Crippen LogP contribution in [-0.2, 0) is 9.84 Å². The molecule has 2 aromatic carbocycles. The SMILES string of the molecule is CCS(=O)(=O)CCCNc1ccc(-c2ccccc2)cc1. The van der Waals surface area contributed by atoms with Crippen LogP contribution >= 0.6 is 0 Å². The van der Waals surface area contributed by atoms with Crippen molar-refractivity contribution in [3.8, 4) is 11.1 Å². The van der Waals surface area contributed by atoms with Crippen molar-refractivity contribution in [2.45, 2.75) is 13.3 Å². The second kappa shape index (κ2) is 7.27. The molecule has 2 rings (SSSR count). The Kier molecular flexibility index (Phi) is 5.39. The largest absolute Gasteiger partial charge is 0.385 e. The van der Waals surface area contributed by atoms with Crippen LogP contribution in [0, 0.1) is 0 Å². The van der Waals surface area contributed by atoms with Crippen LogP contribution in [0.1, 0.15) is 13.3 Å². The molecule has 0 unspecified atom stereocenters. The molecule has 2 aromatic rings. The van der Waals surface area contributed by atoms with Crippen LogP contribution in [0.25, 0.3) is 11.1 Å². The number of benzene rings is 2. The number of hydrogen-bond donors (Lipinski definition) is 1. The van der Waals surface area contributed by atoms with E-state index in [1.165, 1.54) is 11.1 Å². The molecule has 0 spiro atoms. The van der Waals surface area contributed by atoms with Gasteiger partial charge in [-0.1, -0.05) is 49.4 Å². The first kappa shape index (κ1) is 15.6. The molecule has 3 nitrogen and oxygen atoms in total. The van der Waals surface area contributed by atoms with Crippen LogP contribution in [0.2, 0.25) is 0 Å². The van der Waals surface area contributed by atoms with Crippen molar-refractivity contribution in [1.29, 1.82) is 0 Å². The zero-order chi connectivity index (χ0) is 15.1. The summed E-state index contributed by atoms with van der Waals surface area (Å²) in [5.41, 5.74) is 3.39. The van der Waals surface area contributed by atoms with Crippen molar-refractivity contribution >= 4 is 15.5 Å². The Morgan fingerprint density at radius 1 is 0.905 bits per heavy atom. The second-order valence-electron chi connectivity index (χ2n) is 4.96. The van der Waals surface area contributed by atoms with Gasteiger partial charge in [-0.25, -0.2) is 8.42 Å². The number of sulfone groups is 1. The van der Waals surface area contributed by atoms with Crippen LogP contribution in [0.15, 0.2) is 54.6 Å². The van der Waals surface area contributed by atoms with Crippen molar-refractivity contribution in [2.75, 3.05) is 23.4 Å². The van der Waals surface area contributed by atoms with Gasteiger partial charge >= 0.3 is 0 Å². The summed E-state index contributed by atoms with van der Waals surface area (Å²) in [6, 6.07) is 18.4. The number of nitrogens with one attached hydrogen (secondary N) is 1. The van der Waals surface area contributed by atoms with Gasteiger partial charge in [-0.2, -0.15) is 0 Å². The maximum Gasteiger partial charge on any atom is 0.150 e.